The van der Waals surface area contributed by atoms with Gasteiger partial charge < -0.3 is 20.7 Å². The van der Waals surface area contributed by atoms with Gasteiger partial charge in [-0.1, -0.05) is 12.1 Å². The Balaban J connectivity index is 1.58. The summed E-state index contributed by atoms with van der Waals surface area (Å²) < 4.78 is 5.31. The molecule has 4 rings (SSSR count). The molecule has 1 aromatic carbocycles. The van der Waals surface area contributed by atoms with E-state index in [1.165, 1.54) is 12.8 Å². The molecule has 2 aliphatic heterocycles. The highest BCUT2D eigenvalue weighted by molar-refractivity contribution is 5.95. The summed E-state index contributed by atoms with van der Waals surface area (Å²) in [5.74, 6) is 1.01. The topological polar surface area (TPSA) is 93.4 Å². The van der Waals surface area contributed by atoms with Crippen LogP contribution in [-0.2, 0) is 4.74 Å². The van der Waals surface area contributed by atoms with Crippen LogP contribution in [0, 0.1) is 0 Å². The monoisotopic (exact) mass is 353 g/mol. The van der Waals surface area contributed by atoms with Crippen LogP contribution >= 0.6 is 0 Å². The summed E-state index contributed by atoms with van der Waals surface area (Å²) in [6.45, 7) is 3.25. The second-order valence-electron chi connectivity index (χ2n) is 6.78. The van der Waals surface area contributed by atoms with Crippen LogP contribution in [0.5, 0.6) is 0 Å². The molecule has 136 valence electrons. The third-order valence-corrected chi connectivity index (χ3v) is 4.85. The van der Waals surface area contributed by atoms with Gasteiger partial charge in [0.2, 0.25) is 5.95 Å². The van der Waals surface area contributed by atoms with Crippen LogP contribution < -0.4 is 16.0 Å². The highest BCUT2D eigenvalue weighted by Gasteiger charge is 2.19. The Bertz CT molecular complexity index is 798. The Morgan fingerprint density at radius 2 is 2.08 bits per heavy atom. The number of aromatic nitrogens is 2. The molecular formula is C19H23N5O2. The summed E-state index contributed by atoms with van der Waals surface area (Å²) >= 11 is 0. The minimum Gasteiger partial charge on any atom is -0.379 e. The van der Waals surface area contributed by atoms with Crippen LogP contribution in [0.2, 0.25) is 0 Å². The zero-order valence-corrected chi connectivity index (χ0v) is 14.6. The van der Waals surface area contributed by atoms with Gasteiger partial charge in [-0.3, -0.25) is 4.79 Å². The van der Waals surface area contributed by atoms with Crippen LogP contribution in [0.3, 0.4) is 0 Å². The summed E-state index contributed by atoms with van der Waals surface area (Å²) in [6, 6.07) is 9.49. The van der Waals surface area contributed by atoms with Crippen LogP contribution in [0.25, 0.3) is 11.3 Å². The fourth-order valence-corrected chi connectivity index (χ4v) is 3.45. The van der Waals surface area contributed by atoms with Gasteiger partial charge in [0.05, 0.1) is 18.3 Å². The van der Waals surface area contributed by atoms with E-state index in [9.17, 15) is 4.79 Å². The summed E-state index contributed by atoms with van der Waals surface area (Å²) in [7, 11) is 0. The minimum absolute atomic E-state index is 0.0858. The van der Waals surface area contributed by atoms with E-state index < -0.39 is 0 Å². The van der Waals surface area contributed by atoms with Crippen molar-refractivity contribution in [3.63, 3.8) is 0 Å². The summed E-state index contributed by atoms with van der Waals surface area (Å²) in [5.41, 5.74) is 8.13. The first-order chi connectivity index (χ1) is 12.7. The fourth-order valence-electron chi connectivity index (χ4n) is 3.45. The molecule has 2 saturated heterocycles. The maximum atomic E-state index is 12.5. The molecule has 2 aromatic rings. The number of hydrogen-bond donors (Lipinski definition) is 2. The third kappa shape index (κ3) is 3.62. The smallest absolute Gasteiger partial charge is 0.251 e. The van der Waals surface area contributed by atoms with Crippen LogP contribution in [0.1, 0.15) is 29.6 Å². The SMILES string of the molecule is Nc1nc(-c2cccc(C(=O)N[C@H]3CCOC3)c2)cc(N2CCCC2)n1. The van der Waals surface area contributed by atoms with E-state index in [0.29, 0.717) is 18.8 Å². The van der Waals surface area contributed by atoms with Crippen molar-refractivity contribution in [3.8, 4) is 11.3 Å². The molecule has 0 unspecified atom stereocenters. The minimum atomic E-state index is -0.0934. The average Bonchev–Trinajstić information content (AvgIpc) is 3.35. The molecule has 2 aliphatic rings. The predicted octanol–water partition coefficient (Wildman–Crippen LogP) is 1.84. The quantitative estimate of drug-likeness (QED) is 0.871. The number of ether oxygens (including phenoxy) is 1. The first kappa shape index (κ1) is 16.8. The average molecular weight is 353 g/mol. The lowest BCUT2D eigenvalue weighted by Crippen LogP contribution is -2.34. The van der Waals surface area contributed by atoms with Crippen molar-refractivity contribution in [1.82, 2.24) is 15.3 Å². The van der Waals surface area contributed by atoms with Crippen LogP contribution in [0.4, 0.5) is 11.8 Å². The summed E-state index contributed by atoms with van der Waals surface area (Å²) in [5, 5.41) is 3.01. The second kappa shape index (κ2) is 7.29. The zero-order chi connectivity index (χ0) is 17.9. The van der Waals surface area contributed by atoms with Crippen molar-refractivity contribution in [2.24, 2.45) is 0 Å². The molecule has 1 amide bonds. The first-order valence-corrected chi connectivity index (χ1v) is 9.07. The summed E-state index contributed by atoms with van der Waals surface area (Å²) in [6.07, 6.45) is 3.19. The van der Waals surface area contributed by atoms with Crippen molar-refractivity contribution < 1.29 is 9.53 Å². The molecule has 2 fully saturated rings. The van der Waals surface area contributed by atoms with Gasteiger partial charge in [0.25, 0.3) is 5.91 Å². The van der Waals surface area contributed by atoms with Gasteiger partial charge in [-0.25, -0.2) is 4.98 Å². The molecule has 1 atom stereocenters. The number of nitrogens with zero attached hydrogens (tertiary/aromatic N) is 3. The lowest BCUT2D eigenvalue weighted by Gasteiger charge is -2.17. The number of nitrogens with two attached hydrogens (primary N) is 1. The highest BCUT2D eigenvalue weighted by atomic mass is 16.5. The molecule has 3 N–H and O–H groups in total. The molecular weight excluding hydrogens is 330 g/mol. The number of nitrogens with one attached hydrogen (secondary N) is 1. The number of benzene rings is 1. The van der Waals surface area contributed by atoms with Crippen molar-refractivity contribution in [1.29, 1.82) is 0 Å². The predicted molar refractivity (Wildman–Crippen MR) is 100 cm³/mol. The van der Waals surface area contributed by atoms with E-state index in [1.807, 2.05) is 24.3 Å². The van der Waals surface area contributed by atoms with Gasteiger partial charge in [0.1, 0.15) is 5.82 Å². The van der Waals surface area contributed by atoms with Gasteiger partial charge in [-0.15, -0.1) is 0 Å². The standard InChI is InChI=1S/C19H23N5O2/c20-19-22-16(11-17(23-19)24-7-1-2-8-24)13-4-3-5-14(10-13)18(25)21-15-6-9-26-12-15/h3-5,10-11,15H,1-2,6-9,12H2,(H,21,25)(H2,20,22,23)/t15-/m0/s1. The maximum Gasteiger partial charge on any atom is 0.251 e. The molecule has 0 spiro atoms. The third-order valence-electron chi connectivity index (χ3n) is 4.85. The van der Waals surface area contributed by atoms with Gasteiger partial charge in [0, 0.05) is 36.9 Å². The van der Waals surface area contributed by atoms with Gasteiger partial charge in [0.15, 0.2) is 0 Å². The Hall–Kier alpha value is -2.67. The largest absolute Gasteiger partial charge is 0.379 e. The Morgan fingerprint density at radius 3 is 2.85 bits per heavy atom. The zero-order valence-electron chi connectivity index (χ0n) is 14.6. The van der Waals surface area contributed by atoms with Crippen molar-refractivity contribution in [2.45, 2.75) is 25.3 Å². The van der Waals surface area contributed by atoms with Gasteiger partial charge in [-0.05, 0) is 31.4 Å². The van der Waals surface area contributed by atoms with Crippen molar-refractivity contribution >= 4 is 17.7 Å². The van der Waals surface area contributed by atoms with Gasteiger partial charge >= 0.3 is 0 Å². The number of carbonyl (C=O) groups excluding carboxylic acids is 1. The molecule has 7 heteroatoms. The van der Waals surface area contributed by atoms with Crippen LogP contribution in [-0.4, -0.2) is 48.2 Å². The van der Waals surface area contributed by atoms with Gasteiger partial charge in [-0.2, -0.15) is 4.98 Å². The molecule has 7 nitrogen and oxygen atoms in total. The lowest BCUT2D eigenvalue weighted by atomic mass is 10.1. The van der Waals surface area contributed by atoms with E-state index in [2.05, 4.69) is 20.2 Å². The lowest BCUT2D eigenvalue weighted by molar-refractivity contribution is 0.0930. The molecule has 1 aromatic heterocycles. The Kier molecular flexibility index (Phi) is 4.71. The molecule has 0 bridgehead atoms. The Labute approximate surface area is 152 Å². The molecule has 3 heterocycles. The van der Waals surface area contributed by atoms with Crippen molar-refractivity contribution in [3.05, 3.63) is 35.9 Å². The molecule has 0 aliphatic carbocycles. The number of anilines is 2. The van der Waals surface area contributed by atoms with E-state index >= 15 is 0 Å². The fraction of sp³-hybridized carbons (Fsp3) is 0.421. The number of carbonyl (C=O) groups is 1. The van der Waals surface area contributed by atoms with Crippen molar-refractivity contribution in [2.75, 3.05) is 36.9 Å². The second-order valence-corrected chi connectivity index (χ2v) is 6.78. The highest BCUT2D eigenvalue weighted by Crippen LogP contribution is 2.25. The van der Waals surface area contributed by atoms with Crippen LogP contribution in [0.15, 0.2) is 30.3 Å². The normalized spacial score (nSPS) is 19.7. The number of rotatable bonds is 4. The van der Waals surface area contributed by atoms with E-state index in [0.717, 1.165) is 36.6 Å². The van der Waals surface area contributed by atoms with E-state index in [-0.39, 0.29) is 17.9 Å². The number of nitrogen functional groups attached to an aromatic ring is 1. The number of hydrogen-bond acceptors (Lipinski definition) is 6. The first-order valence-electron chi connectivity index (χ1n) is 9.07. The molecule has 0 radical (unpaired) electrons. The molecule has 26 heavy (non-hydrogen) atoms. The number of amides is 1. The van der Waals surface area contributed by atoms with E-state index in [4.69, 9.17) is 10.5 Å². The summed E-state index contributed by atoms with van der Waals surface area (Å²) in [4.78, 5) is 23.4. The molecule has 0 saturated carbocycles. The van der Waals surface area contributed by atoms with E-state index in [1.54, 1.807) is 6.07 Å². The Morgan fingerprint density at radius 1 is 1.23 bits per heavy atom. The maximum absolute atomic E-state index is 12.5.